The minimum atomic E-state index is -0.328. The summed E-state index contributed by atoms with van der Waals surface area (Å²) in [6.45, 7) is 1.77. The molecule has 4 aromatic heterocycles. The number of rotatable bonds is 7. The normalized spacial score (nSPS) is 15.3. The Balaban J connectivity index is 1.28. The molecule has 5 rings (SSSR count). The highest BCUT2D eigenvalue weighted by molar-refractivity contribution is 5.95. The number of nitrogens with zero attached hydrogens (tertiary/aromatic N) is 6. The monoisotopic (exact) mass is 448 g/mol. The molecule has 0 spiro atoms. The number of fused-ring (bicyclic) bond motifs is 1. The van der Waals surface area contributed by atoms with Gasteiger partial charge < -0.3 is 9.32 Å². The van der Waals surface area contributed by atoms with Gasteiger partial charge in [0.25, 0.3) is 0 Å². The standard InChI is InChI=1S/C24H25FN6O2/c1-30-14-18(13-27-30)20-3-2-17-12-26-19(10-21(17)28-20)11-23(32)22-15-33-24(29-22)16-4-7-31(8-5-16)9-6-25/h2-3,10,12-16H,4-9,11H2,1H3. The zero-order valence-corrected chi connectivity index (χ0v) is 18.4. The average Bonchev–Trinajstić information content (AvgIpc) is 3.49. The fraction of sp³-hybridized carbons (Fsp3) is 0.375. The number of piperidine rings is 1. The predicted octanol–water partition coefficient (Wildman–Crippen LogP) is 3.59. The fourth-order valence-corrected chi connectivity index (χ4v) is 4.25. The smallest absolute Gasteiger partial charge is 0.197 e. The first-order valence-corrected chi connectivity index (χ1v) is 11.1. The van der Waals surface area contributed by atoms with Crippen molar-refractivity contribution in [1.29, 1.82) is 0 Å². The molecule has 1 aliphatic heterocycles. The summed E-state index contributed by atoms with van der Waals surface area (Å²) in [5.74, 6) is 0.610. The van der Waals surface area contributed by atoms with Crippen LogP contribution in [0.4, 0.5) is 4.39 Å². The van der Waals surface area contributed by atoms with E-state index < -0.39 is 0 Å². The molecule has 0 radical (unpaired) electrons. The van der Waals surface area contributed by atoms with Crippen LogP contribution in [0.1, 0.15) is 40.8 Å². The van der Waals surface area contributed by atoms with Gasteiger partial charge in [0.15, 0.2) is 11.7 Å². The largest absolute Gasteiger partial charge is 0.448 e. The van der Waals surface area contributed by atoms with E-state index in [4.69, 9.17) is 9.40 Å². The summed E-state index contributed by atoms with van der Waals surface area (Å²) < 4.78 is 19.9. The van der Waals surface area contributed by atoms with E-state index in [-0.39, 0.29) is 24.8 Å². The van der Waals surface area contributed by atoms with E-state index in [1.54, 1.807) is 17.1 Å². The third-order valence-corrected chi connectivity index (χ3v) is 6.12. The van der Waals surface area contributed by atoms with E-state index in [0.29, 0.717) is 23.8 Å². The second-order valence-corrected chi connectivity index (χ2v) is 8.44. The summed E-state index contributed by atoms with van der Waals surface area (Å²) in [5.41, 5.74) is 3.47. The van der Waals surface area contributed by atoms with Gasteiger partial charge in [-0.25, -0.2) is 14.4 Å². The molecule has 1 saturated heterocycles. The van der Waals surface area contributed by atoms with Gasteiger partial charge in [-0.1, -0.05) is 0 Å². The van der Waals surface area contributed by atoms with Crippen molar-refractivity contribution in [2.45, 2.75) is 25.2 Å². The Morgan fingerprint density at radius 2 is 2.06 bits per heavy atom. The van der Waals surface area contributed by atoms with Crippen molar-refractivity contribution in [2.24, 2.45) is 7.05 Å². The molecule has 9 heteroatoms. The van der Waals surface area contributed by atoms with Crippen LogP contribution in [0, 0.1) is 0 Å². The van der Waals surface area contributed by atoms with Gasteiger partial charge in [0, 0.05) is 42.9 Å². The molecule has 0 unspecified atom stereocenters. The first kappa shape index (κ1) is 21.4. The lowest BCUT2D eigenvalue weighted by molar-refractivity contribution is 0.0987. The summed E-state index contributed by atoms with van der Waals surface area (Å²) in [7, 11) is 1.86. The quantitative estimate of drug-likeness (QED) is 0.399. The number of alkyl halides is 1. The SMILES string of the molecule is Cn1cc(-c2ccc3cnc(CC(=O)c4coc(C5CCN(CCF)CC5)n4)cc3n2)cn1. The topological polar surface area (TPSA) is 89.9 Å². The van der Waals surface area contributed by atoms with Gasteiger partial charge in [-0.05, 0) is 44.1 Å². The maximum absolute atomic E-state index is 12.8. The van der Waals surface area contributed by atoms with Crippen LogP contribution in [-0.2, 0) is 13.5 Å². The van der Waals surface area contributed by atoms with Crippen LogP contribution in [-0.4, -0.2) is 61.7 Å². The molecule has 0 aromatic carbocycles. The molecule has 4 aromatic rings. The Kier molecular flexibility index (Phi) is 5.95. The van der Waals surface area contributed by atoms with Gasteiger partial charge >= 0.3 is 0 Å². The van der Waals surface area contributed by atoms with Crippen molar-refractivity contribution in [2.75, 3.05) is 26.3 Å². The Hall–Kier alpha value is -3.46. The molecule has 0 N–H and O–H groups in total. The second-order valence-electron chi connectivity index (χ2n) is 8.44. The number of halogens is 1. The van der Waals surface area contributed by atoms with E-state index in [2.05, 4.69) is 20.0 Å². The molecule has 0 saturated carbocycles. The molecule has 5 heterocycles. The maximum atomic E-state index is 12.8. The number of oxazole rings is 1. The molecule has 170 valence electrons. The first-order chi connectivity index (χ1) is 16.1. The van der Waals surface area contributed by atoms with Gasteiger partial charge in [0.1, 0.15) is 18.6 Å². The molecule has 0 amide bonds. The lowest BCUT2D eigenvalue weighted by Gasteiger charge is -2.29. The van der Waals surface area contributed by atoms with Crippen LogP contribution in [0.25, 0.3) is 22.2 Å². The number of likely N-dealkylation sites (tertiary alicyclic amines) is 1. The van der Waals surface area contributed by atoms with E-state index in [1.807, 2.05) is 31.4 Å². The minimum Gasteiger partial charge on any atom is -0.448 e. The van der Waals surface area contributed by atoms with Crippen LogP contribution in [0.15, 0.2) is 47.5 Å². The van der Waals surface area contributed by atoms with Crippen molar-refractivity contribution in [3.05, 3.63) is 60.3 Å². The van der Waals surface area contributed by atoms with Crippen molar-refractivity contribution < 1.29 is 13.6 Å². The van der Waals surface area contributed by atoms with Gasteiger partial charge in [-0.3, -0.25) is 14.5 Å². The third kappa shape index (κ3) is 4.68. The van der Waals surface area contributed by atoms with Crippen molar-refractivity contribution in [1.82, 2.24) is 29.6 Å². The Morgan fingerprint density at radius 1 is 1.21 bits per heavy atom. The lowest BCUT2D eigenvalue weighted by Crippen LogP contribution is -2.34. The highest BCUT2D eigenvalue weighted by Crippen LogP contribution is 2.28. The minimum absolute atomic E-state index is 0.121. The van der Waals surface area contributed by atoms with E-state index in [0.717, 1.165) is 48.1 Å². The molecule has 0 aliphatic carbocycles. The summed E-state index contributed by atoms with van der Waals surface area (Å²) in [5, 5.41) is 5.10. The number of Topliss-reactive ketones (excluding diaryl/α,β-unsaturated/α-hetero) is 1. The van der Waals surface area contributed by atoms with Crippen LogP contribution < -0.4 is 0 Å². The number of hydrogen-bond acceptors (Lipinski definition) is 7. The van der Waals surface area contributed by atoms with Crippen molar-refractivity contribution in [3.8, 4) is 11.3 Å². The summed E-state index contributed by atoms with van der Waals surface area (Å²) in [4.78, 5) is 28.5. The number of aryl methyl sites for hydroxylation is 1. The van der Waals surface area contributed by atoms with Crippen LogP contribution in [0.2, 0.25) is 0 Å². The van der Waals surface area contributed by atoms with E-state index in [9.17, 15) is 9.18 Å². The number of carbonyl (C=O) groups excluding carboxylic acids is 1. The Labute approximate surface area is 190 Å². The van der Waals surface area contributed by atoms with Crippen LogP contribution in [0.3, 0.4) is 0 Å². The molecular formula is C24H25FN6O2. The zero-order valence-electron chi connectivity index (χ0n) is 18.4. The predicted molar refractivity (Wildman–Crippen MR) is 121 cm³/mol. The summed E-state index contributed by atoms with van der Waals surface area (Å²) in [6.07, 6.45) is 8.68. The van der Waals surface area contributed by atoms with Gasteiger partial charge in [0.2, 0.25) is 0 Å². The third-order valence-electron chi connectivity index (χ3n) is 6.12. The number of pyridine rings is 2. The van der Waals surface area contributed by atoms with Crippen molar-refractivity contribution >= 4 is 16.7 Å². The molecule has 0 bridgehead atoms. The number of carbonyl (C=O) groups is 1. The average molecular weight is 449 g/mol. The number of hydrogen-bond donors (Lipinski definition) is 0. The summed E-state index contributed by atoms with van der Waals surface area (Å²) in [6, 6.07) is 5.74. The van der Waals surface area contributed by atoms with E-state index in [1.165, 1.54) is 6.26 Å². The van der Waals surface area contributed by atoms with E-state index >= 15 is 0 Å². The van der Waals surface area contributed by atoms with Crippen LogP contribution in [0.5, 0.6) is 0 Å². The maximum Gasteiger partial charge on any atom is 0.197 e. The fourth-order valence-electron chi connectivity index (χ4n) is 4.25. The Morgan fingerprint density at radius 3 is 2.82 bits per heavy atom. The van der Waals surface area contributed by atoms with Gasteiger partial charge in [0.05, 0.1) is 29.5 Å². The zero-order chi connectivity index (χ0) is 22.8. The Bertz CT molecular complexity index is 1270. The highest BCUT2D eigenvalue weighted by atomic mass is 19.1. The van der Waals surface area contributed by atoms with Crippen LogP contribution >= 0.6 is 0 Å². The van der Waals surface area contributed by atoms with Gasteiger partial charge in [-0.2, -0.15) is 5.10 Å². The number of ketones is 1. The van der Waals surface area contributed by atoms with Gasteiger partial charge in [-0.15, -0.1) is 0 Å². The first-order valence-electron chi connectivity index (χ1n) is 11.1. The van der Waals surface area contributed by atoms with Crippen molar-refractivity contribution in [3.63, 3.8) is 0 Å². The molecular weight excluding hydrogens is 423 g/mol. The molecule has 0 atom stereocenters. The number of aromatic nitrogens is 5. The second kappa shape index (κ2) is 9.19. The molecule has 8 nitrogen and oxygen atoms in total. The molecule has 1 fully saturated rings. The lowest BCUT2D eigenvalue weighted by atomic mass is 9.97. The highest BCUT2D eigenvalue weighted by Gasteiger charge is 2.25. The molecule has 1 aliphatic rings. The summed E-state index contributed by atoms with van der Waals surface area (Å²) >= 11 is 0. The molecule has 33 heavy (non-hydrogen) atoms.